The normalized spacial score (nSPS) is 24.8. The van der Waals surface area contributed by atoms with E-state index in [0.29, 0.717) is 12.0 Å². The van der Waals surface area contributed by atoms with Gasteiger partial charge in [0.2, 0.25) is 0 Å². The van der Waals surface area contributed by atoms with Crippen LogP contribution in [-0.2, 0) is 4.79 Å². The predicted molar refractivity (Wildman–Crippen MR) is 185 cm³/mol. The van der Waals surface area contributed by atoms with Crippen LogP contribution in [0.3, 0.4) is 0 Å². The Labute approximate surface area is 261 Å². The third-order valence-electron chi connectivity index (χ3n) is 8.28. The average molecular weight is 583 g/mol. The first-order valence-corrected chi connectivity index (χ1v) is 15.4. The number of aliphatic hydroxyl groups is 2. The van der Waals surface area contributed by atoms with Gasteiger partial charge in [0.25, 0.3) is 0 Å². The molecule has 0 saturated carbocycles. The molecule has 2 atom stereocenters. The highest BCUT2D eigenvalue weighted by Gasteiger charge is 2.36. The Balaban J connectivity index is 1.93. The van der Waals surface area contributed by atoms with Gasteiger partial charge in [-0.15, -0.1) is 0 Å². The van der Waals surface area contributed by atoms with Crippen molar-refractivity contribution in [3.63, 3.8) is 0 Å². The van der Waals surface area contributed by atoms with E-state index in [2.05, 4.69) is 110 Å². The molecule has 0 amide bonds. The average Bonchev–Trinajstić information content (AvgIpc) is 2.88. The first kappa shape index (κ1) is 35.9. The number of aliphatic hydroxyl groups excluding tert-OH is 2. The largest absolute Gasteiger partial charge is 0.393 e. The molecule has 0 aromatic carbocycles. The molecule has 0 spiro atoms. The van der Waals surface area contributed by atoms with Crippen LogP contribution in [0.25, 0.3) is 0 Å². The Bertz CT molecular complexity index is 1370. The summed E-state index contributed by atoms with van der Waals surface area (Å²) in [5, 5.41) is 20.1. The fraction of sp³-hybridized carbons (Fsp3) is 0.425. The molecule has 0 saturated heterocycles. The summed E-state index contributed by atoms with van der Waals surface area (Å²) in [7, 11) is 0. The molecule has 43 heavy (non-hydrogen) atoms. The van der Waals surface area contributed by atoms with Crippen LogP contribution in [0.5, 0.6) is 0 Å². The number of carbonyl (C=O) groups excluding carboxylic acids is 1. The van der Waals surface area contributed by atoms with E-state index in [9.17, 15) is 15.0 Å². The number of carbonyl (C=O) groups is 1. The van der Waals surface area contributed by atoms with Crippen LogP contribution < -0.4 is 0 Å². The SMILES string of the molecule is CC(C=CC1=C(C)CC(O)CC1(C)C)=CC=CC(C)=C/C=C/C=C(C)/C=C/C=C(C)/C=C/C1=C(C)C(=O)C(O)CC1(C)C. The van der Waals surface area contributed by atoms with Gasteiger partial charge in [0, 0.05) is 0 Å². The highest BCUT2D eigenvalue weighted by Crippen LogP contribution is 2.41. The monoisotopic (exact) mass is 582 g/mol. The Kier molecular flexibility index (Phi) is 13.4. The van der Waals surface area contributed by atoms with E-state index < -0.39 is 6.10 Å². The molecule has 0 aromatic rings. The van der Waals surface area contributed by atoms with Crippen LogP contribution in [0.2, 0.25) is 0 Å². The molecule has 2 aliphatic rings. The van der Waals surface area contributed by atoms with Crippen LogP contribution >= 0.6 is 0 Å². The minimum absolute atomic E-state index is 0.00483. The Morgan fingerprint density at radius 1 is 0.651 bits per heavy atom. The second-order valence-electron chi connectivity index (χ2n) is 13.6. The lowest BCUT2D eigenvalue weighted by Gasteiger charge is -2.35. The van der Waals surface area contributed by atoms with Crippen molar-refractivity contribution < 1.29 is 15.0 Å². The van der Waals surface area contributed by atoms with Gasteiger partial charge in [-0.1, -0.05) is 141 Å². The van der Waals surface area contributed by atoms with E-state index in [1.165, 1.54) is 22.3 Å². The number of ketones is 1. The highest BCUT2D eigenvalue weighted by atomic mass is 16.3. The van der Waals surface area contributed by atoms with Gasteiger partial charge in [-0.2, -0.15) is 0 Å². The smallest absolute Gasteiger partial charge is 0.187 e. The fourth-order valence-corrected chi connectivity index (χ4v) is 5.88. The molecule has 0 heterocycles. The lowest BCUT2D eigenvalue weighted by atomic mass is 9.71. The van der Waals surface area contributed by atoms with E-state index in [-0.39, 0.29) is 22.7 Å². The summed E-state index contributed by atoms with van der Waals surface area (Å²) in [4.78, 5) is 12.2. The molecule has 2 N–H and O–H groups in total. The summed E-state index contributed by atoms with van der Waals surface area (Å²) < 4.78 is 0. The highest BCUT2D eigenvalue weighted by molar-refractivity contribution is 6.00. The van der Waals surface area contributed by atoms with Crippen molar-refractivity contribution in [2.45, 2.75) is 101 Å². The number of rotatable bonds is 10. The van der Waals surface area contributed by atoms with E-state index in [1.54, 1.807) is 0 Å². The van der Waals surface area contributed by atoms with Crippen molar-refractivity contribution in [1.29, 1.82) is 0 Å². The molecule has 2 rings (SSSR count). The molecule has 2 aliphatic carbocycles. The zero-order chi connectivity index (χ0) is 32.4. The number of allylic oxidation sites excluding steroid dienone is 20. The zero-order valence-electron chi connectivity index (χ0n) is 28.2. The van der Waals surface area contributed by atoms with E-state index in [4.69, 9.17) is 0 Å². The van der Waals surface area contributed by atoms with Crippen LogP contribution in [0, 0.1) is 10.8 Å². The molecule has 0 radical (unpaired) electrons. The van der Waals surface area contributed by atoms with Crippen molar-refractivity contribution in [3.8, 4) is 0 Å². The number of hydrogen-bond acceptors (Lipinski definition) is 3. The van der Waals surface area contributed by atoms with Gasteiger partial charge >= 0.3 is 0 Å². The first-order valence-electron chi connectivity index (χ1n) is 15.4. The quantitative estimate of drug-likeness (QED) is 0.252. The molecule has 0 aliphatic heterocycles. The van der Waals surface area contributed by atoms with Crippen LogP contribution in [0.15, 0.2) is 130 Å². The molecule has 3 heteroatoms. The maximum atomic E-state index is 12.2. The Morgan fingerprint density at radius 2 is 1.07 bits per heavy atom. The van der Waals surface area contributed by atoms with Crippen LogP contribution in [-0.4, -0.2) is 28.2 Å². The van der Waals surface area contributed by atoms with Gasteiger partial charge in [0.15, 0.2) is 5.78 Å². The van der Waals surface area contributed by atoms with Crippen molar-refractivity contribution in [3.05, 3.63) is 130 Å². The molecule has 0 bridgehead atoms. The van der Waals surface area contributed by atoms with Crippen molar-refractivity contribution >= 4 is 5.78 Å². The first-order chi connectivity index (χ1) is 20.0. The summed E-state index contributed by atoms with van der Waals surface area (Å²) in [5.74, 6) is -0.166. The van der Waals surface area contributed by atoms with Crippen LogP contribution in [0.4, 0.5) is 0 Å². The maximum absolute atomic E-state index is 12.2. The van der Waals surface area contributed by atoms with Crippen LogP contribution in [0.1, 0.15) is 88.5 Å². The van der Waals surface area contributed by atoms with Gasteiger partial charge in [0.05, 0.1) is 6.10 Å². The topological polar surface area (TPSA) is 57.5 Å². The van der Waals surface area contributed by atoms with Crippen molar-refractivity contribution in [2.75, 3.05) is 0 Å². The summed E-state index contributed by atoms with van der Waals surface area (Å²) in [6, 6.07) is 0. The predicted octanol–water partition coefficient (Wildman–Crippen LogP) is 9.73. The Morgan fingerprint density at radius 3 is 1.56 bits per heavy atom. The van der Waals surface area contributed by atoms with E-state index in [1.807, 2.05) is 44.2 Å². The molecule has 2 unspecified atom stereocenters. The fourth-order valence-electron chi connectivity index (χ4n) is 5.88. The summed E-state index contributed by atoms with van der Waals surface area (Å²) >= 11 is 0. The molecule has 0 aromatic heterocycles. The summed E-state index contributed by atoms with van der Waals surface area (Å²) in [6.07, 6.45) is 30.0. The van der Waals surface area contributed by atoms with Gasteiger partial charge in [-0.3, -0.25) is 4.79 Å². The van der Waals surface area contributed by atoms with E-state index >= 15 is 0 Å². The lowest BCUT2D eigenvalue weighted by Crippen LogP contribution is -2.35. The Hall–Kier alpha value is -3.27. The zero-order valence-corrected chi connectivity index (χ0v) is 28.2. The molecule has 232 valence electrons. The molecule has 3 nitrogen and oxygen atoms in total. The van der Waals surface area contributed by atoms with Gasteiger partial charge in [-0.05, 0) is 88.4 Å². The van der Waals surface area contributed by atoms with Gasteiger partial charge in [-0.25, -0.2) is 0 Å². The van der Waals surface area contributed by atoms with Gasteiger partial charge < -0.3 is 10.2 Å². The lowest BCUT2D eigenvalue weighted by molar-refractivity contribution is -0.125. The second kappa shape index (κ2) is 16.0. The third kappa shape index (κ3) is 11.4. The van der Waals surface area contributed by atoms with Gasteiger partial charge in [0.1, 0.15) is 6.10 Å². The molecule has 0 fully saturated rings. The molecular weight excluding hydrogens is 528 g/mol. The van der Waals surface area contributed by atoms with E-state index in [0.717, 1.165) is 29.6 Å². The third-order valence-corrected chi connectivity index (χ3v) is 8.28. The standard InChI is InChI=1S/C40H54O3/c1-28(17-13-19-30(3)21-23-35-32(5)25-34(41)26-39(35,7)8)15-11-12-16-29(2)18-14-20-31(4)22-24-36-33(6)38(43)37(42)27-40(36,9)10/h11-24,34,37,41-42H,25-27H2,1-10H3/b12-11+,17-13?,18-14+,23-21?,24-22+,28-15?,29-16+,30-19?,31-20+. The summed E-state index contributed by atoms with van der Waals surface area (Å²) in [5.41, 5.74) is 8.61. The van der Waals surface area contributed by atoms with Crippen molar-refractivity contribution in [1.82, 2.24) is 0 Å². The number of hydrogen-bond donors (Lipinski definition) is 2. The minimum atomic E-state index is -0.898. The minimum Gasteiger partial charge on any atom is -0.393 e. The second-order valence-corrected chi connectivity index (χ2v) is 13.6. The van der Waals surface area contributed by atoms with Crippen molar-refractivity contribution in [2.24, 2.45) is 10.8 Å². The molecular formula is C40H54O3. The maximum Gasteiger partial charge on any atom is 0.187 e. The summed E-state index contributed by atoms with van der Waals surface area (Å²) in [6.45, 7) is 20.8. The number of Topliss-reactive ketones (excluding diaryl/α,β-unsaturated/α-hetero) is 1.